The van der Waals surface area contributed by atoms with E-state index in [9.17, 15) is 4.39 Å². The van der Waals surface area contributed by atoms with Crippen molar-refractivity contribution < 1.29 is 4.39 Å². The lowest BCUT2D eigenvalue weighted by Crippen LogP contribution is -2.19. The van der Waals surface area contributed by atoms with Gasteiger partial charge < -0.3 is 0 Å². The molecule has 0 amide bonds. The van der Waals surface area contributed by atoms with Crippen LogP contribution in [-0.4, -0.2) is 35.9 Å². The van der Waals surface area contributed by atoms with E-state index in [1.165, 1.54) is 10.6 Å². The monoisotopic (exact) mass is 387 g/mol. The Kier molecular flexibility index (Phi) is 4.09. The van der Waals surface area contributed by atoms with Crippen molar-refractivity contribution >= 4 is 18.0 Å². The summed E-state index contributed by atoms with van der Waals surface area (Å²) < 4.78 is 18.1. The fourth-order valence-electron chi connectivity index (χ4n) is 4.14. The first-order valence-electron chi connectivity index (χ1n) is 9.81. The summed E-state index contributed by atoms with van der Waals surface area (Å²) in [5, 5.41) is 18.2. The van der Waals surface area contributed by atoms with E-state index in [4.69, 9.17) is 5.26 Å². The van der Waals surface area contributed by atoms with Gasteiger partial charge in [-0.2, -0.15) is 10.2 Å². The highest BCUT2D eigenvalue weighted by atomic mass is 19.1. The zero-order chi connectivity index (χ0) is 20.1. The van der Waals surface area contributed by atoms with Crippen molar-refractivity contribution in [1.29, 1.82) is 5.26 Å². The fraction of sp³-hybridized carbons (Fsp3) is 0.350. The van der Waals surface area contributed by atoms with Gasteiger partial charge in [-0.05, 0) is 44.4 Å². The first-order chi connectivity index (χ1) is 14.0. The number of hydrogen-bond donors (Lipinski definition) is 0. The molecule has 0 aromatic carbocycles. The molecule has 0 atom stereocenters. The highest BCUT2D eigenvalue weighted by molar-refractivity contribution is 6.67. The number of halogens is 1. The van der Waals surface area contributed by atoms with Crippen LogP contribution >= 0.6 is 0 Å². The number of aryl methyl sites for hydroxylation is 2. The Morgan fingerprint density at radius 1 is 1.07 bits per heavy atom. The summed E-state index contributed by atoms with van der Waals surface area (Å²) in [5.74, 6) is 2.74. The average Bonchev–Trinajstić information content (AvgIpc) is 3.31. The second kappa shape index (κ2) is 6.66. The molecule has 7 nitrogen and oxygen atoms in total. The number of pyridine rings is 1. The van der Waals surface area contributed by atoms with Gasteiger partial charge in [-0.1, -0.05) is 12.6 Å². The second-order valence-corrected chi connectivity index (χ2v) is 7.86. The molecule has 0 unspecified atom stereocenters. The highest BCUT2D eigenvalue weighted by Gasteiger charge is 2.28. The predicted molar refractivity (Wildman–Crippen MR) is 107 cm³/mol. The number of imidazole rings is 1. The number of nitriles is 1. The van der Waals surface area contributed by atoms with Crippen molar-refractivity contribution in [1.82, 2.24) is 29.2 Å². The van der Waals surface area contributed by atoms with E-state index in [1.54, 1.807) is 10.7 Å². The van der Waals surface area contributed by atoms with Crippen molar-refractivity contribution in [3.05, 3.63) is 47.4 Å². The molecule has 0 N–H and O–H groups in total. The molecule has 0 spiro atoms. The predicted octanol–water partition coefficient (Wildman–Crippen LogP) is 3.63. The van der Waals surface area contributed by atoms with Crippen LogP contribution in [0.15, 0.2) is 24.5 Å². The SMILES string of the molecule is Cc1cn2nc(-c3cc(F)c4nc(C5CCB(C#N)CC5)nn4c3)cc(C)c2n1. The van der Waals surface area contributed by atoms with Crippen molar-refractivity contribution in [3.63, 3.8) is 0 Å². The molecule has 1 aliphatic rings. The van der Waals surface area contributed by atoms with E-state index >= 15 is 0 Å². The van der Waals surface area contributed by atoms with Crippen LogP contribution in [0.1, 0.15) is 35.8 Å². The summed E-state index contributed by atoms with van der Waals surface area (Å²) in [6, 6.07) is 3.36. The number of nitrogens with zero attached hydrogens (tertiary/aromatic N) is 7. The van der Waals surface area contributed by atoms with Crippen LogP contribution in [0.25, 0.3) is 22.6 Å². The Bertz CT molecular complexity index is 1280. The van der Waals surface area contributed by atoms with E-state index in [1.807, 2.05) is 26.1 Å². The van der Waals surface area contributed by atoms with Crippen LogP contribution in [0.2, 0.25) is 12.6 Å². The lowest BCUT2D eigenvalue weighted by Gasteiger charge is -2.20. The quantitative estimate of drug-likeness (QED) is 0.491. The van der Waals surface area contributed by atoms with Crippen molar-refractivity contribution in [2.24, 2.45) is 0 Å². The first kappa shape index (κ1) is 17.8. The Morgan fingerprint density at radius 3 is 2.59 bits per heavy atom. The molecule has 0 aliphatic carbocycles. The van der Waals surface area contributed by atoms with Gasteiger partial charge in [0.25, 0.3) is 6.71 Å². The van der Waals surface area contributed by atoms with Crippen molar-refractivity contribution in [3.8, 4) is 17.2 Å². The summed E-state index contributed by atoms with van der Waals surface area (Å²) in [7, 11) is 0. The van der Waals surface area contributed by atoms with E-state index < -0.39 is 5.82 Å². The van der Waals surface area contributed by atoms with Crippen LogP contribution in [0, 0.1) is 30.9 Å². The van der Waals surface area contributed by atoms with Gasteiger partial charge in [-0.3, -0.25) is 0 Å². The standard InChI is InChI=1S/C20H19BFN7/c1-12-7-17(26-28-9-13(2)24-19(12)28)15-8-16(22)20-25-18(27-29(20)10-15)14-3-5-21(11-23)6-4-14/h7-10,14H,3-6H2,1-2H3. The molecule has 5 rings (SSSR count). The first-order valence-corrected chi connectivity index (χ1v) is 9.81. The van der Waals surface area contributed by atoms with Gasteiger partial charge in [0.05, 0.1) is 17.6 Å². The summed E-state index contributed by atoms with van der Waals surface area (Å²) >= 11 is 0. The van der Waals surface area contributed by atoms with Gasteiger partial charge in [0, 0.05) is 23.6 Å². The number of hydrogen-bond acceptors (Lipinski definition) is 5. The third-order valence-corrected chi connectivity index (χ3v) is 5.71. The molecule has 144 valence electrons. The number of fused-ring (bicyclic) bond motifs is 2. The third-order valence-electron chi connectivity index (χ3n) is 5.71. The molecular formula is C20H19BFN7. The molecule has 4 aromatic rings. The minimum absolute atomic E-state index is 0.114. The molecule has 1 saturated heterocycles. The topological polar surface area (TPSA) is 84.2 Å². The Hall–Kier alpha value is -3.28. The fourth-order valence-corrected chi connectivity index (χ4v) is 4.14. The average molecular weight is 387 g/mol. The van der Waals surface area contributed by atoms with Gasteiger partial charge in [-0.25, -0.2) is 28.7 Å². The number of rotatable bonds is 2. The van der Waals surface area contributed by atoms with E-state index in [0.717, 1.165) is 42.4 Å². The zero-order valence-corrected chi connectivity index (χ0v) is 16.3. The lowest BCUT2D eigenvalue weighted by atomic mass is 9.42. The largest absolute Gasteiger partial charge is 0.267 e. The van der Waals surface area contributed by atoms with Gasteiger partial charge in [0.2, 0.25) is 0 Å². The van der Waals surface area contributed by atoms with Crippen molar-refractivity contribution in [2.75, 3.05) is 0 Å². The van der Waals surface area contributed by atoms with Crippen LogP contribution in [0.5, 0.6) is 0 Å². The van der Waals surface area contributed by atoms with Crippen LogP contribution < -0.4 is 0 Å². The maximum absolute atomic E-state index is 14.8. The van der Waals surface area contributed by atoms with Crippen LogP contribution in [-0.2, 0) is 0 Å². The zero-order valence-electron chi connectivity index (χ0n) is 16.3. The molecule has 1 aliphatic heterocycles. The van der Waals surface area contributed by atoms with Gasteiger partial charge >= 0.3 is 0 Å². The maximum Gasteiger partial charge on any atom is 0.267 e. The Balaban J connectivity index is 1.54. The smallest absolute Gasteiger partial charge is 0.232 e. The summed E-state index contributed by atoms with van der Waals surface area (Å²) in [6.45, 7) is 4.00. The summed E-state index contributed by atoms with van der Waals surface area (Å²) in [5.41, 5.74) is 4.16. The second-order valence-electron chi connectivity index (χ2n) is 7.86. The molecule has 5 heterocycles. The Labute approximate surface area is 167 Å². The van der Waals surface area contributed by atoms with Gasteiger partial charge in [0.1, 0.15) is 0 Å². The van der Waals surface area contributed by atoms with E-state index in [-0.39, 0.29) is 18.3 Å². The minimum atomic E-state index is -0.423. The molecule has 9 heteroatoms. The lowest BCUT2D eigenvalue weighted by molar-refractivity contribution is 0.576. The van der Waals surface area contributed by atoms with E-state index in [0.29, 0.717) is 17.1 Å². The van der Waals surface area contributed by atoms with Gasteiger partial charge in [-0.15, -0.1) is 0 Å². The molecule has 1 fully saturated rings. The van der Waals surface area contributed by atoms with E-state index in [2.05, 4.69) is 26.1 Å². The Morgan fingerprint density at radius 2 is 1.83 bits per heavy atom. The van der Waals surface area contributed by atoms with Crippen LogP contribution in [0.4, 0.5) is 4.39 Å². The molecule has 29 heavy (non-hydrogen) atoms. The van der Waals surface area contributed by atoms with Crippen molar-refractivity contribution in [2.45, 2.75) is 45.2 Å². The maximum atomic E-state index is 14.8. The third kappa shape index (κ3) is 3.05. The normalized spacial score (nSPS) is 15.3. The summed E-state index contributed by atoms with van der Waals surface area (Å²) in [4.78, 5) is 8.91. The minimum Gasteiger partial charge on any atom is -0.232 e. The number of aromatic nitrogens is 6. The molecular weight excluding hydrogens is 368 g/mol. The molecule has 0 saturated carbocycles. The molecule has 0 radical (unpaired) electrons. The van der Waals surface area contributed by atoms with Crippen LogP contribution in [0.3, 0.4) is 0 Å². The molecule has 0 bridgehead atoms. The molecule has 4 aromatic heterocycles. The van der Waals surface area contributed by atoms with Gasteiger partial charge in [0.15, 0.2) is 22.9 Å². The highest BCUT2D eigenvalue weighted by Crippen LogP contribution is 2.32. The summed E-state index contributed by atoms with van der Waals surface area (Å²) in [6.07, 6.45) is 7.04.